The molecule has 3 heterocycles. The maximum Gasteiger partial charge on any atom is 0.223 e. The van der Waals surface area contributed by atoms with Crippen LogP contribution < -0.4 is 16.0 Å². The molecular weight excluding hydrogens is 437 g/mol. The number of ether oxygens (including phenoxy) is 2. The van der Waals surface area contributed by atoms with Gasteiger partial charge in [0.15, 0.2) is 5.82 Å². The molecule has 1 atom stereocenters. The molecular formula is C24H36FN7O2. The van der Waals surface area contributed by atoms with Gasteiger partial charge in [-0.25, -0.2) is 24.3 Å². The standard InChI is InChI=1S/C24H36FN7O2/c1-16(14-33-2)30-18-3-5-19(6-4-18)31-24-27-13-20(25)23(32-24)21-11-22(29-15-28-21)26-12-17-7-9-34-10-8-17/h11,13,15-19,30H,3-10,12,14H2,1-2H3,(H,26,28,29)(H,27,31,32). The van der Waals surface area contributed by atoms with E-state index >= 15 is 0 Å². The Labute approximate surface area is 200 Å². The first-order chi connectivity index (χ1) is 16.6. The first kappa shape index (κ1) is 24.7. The highest BCUT2D eigenvalue weighted by Gasteiger charge is 2.23. The van der Waals surface area contributed by atoms with E-state index in [1.165, 1.54) is 12.5 Å². The summed E-state index contributed by atoms with van der Waals surface area (Å²) in [6, 6.07) is 2.83. The number of anilines is 2. The average molecular weight is 474 g/mol. The molecule has 0 spiro atoms. The molecule has 1 unspecified atom stereocenters. The third-order valence-corrected chi connectivity index (χ3v) is 6.56. The van der Waals surface area contributed by atoms with Gasteiger partial charge in [0.25, 0.3) is 0 Å². The molecule has 0 radical (unpaired) electrons. The average Bonchev–Trinajstić information content (AvgIpc) is 2.86. The molecule has 2 aromatic rings. The van der Waals surface area contributed by atoms with E-state index in [0.29, 0.717) is 42.1 Å². The summed E-state index contributed by atoms with van der Waals surface area (Å²) in [4.78, 5) is 17.2. The van der Waals surface area contributed by atoms with Crippen LogP contribution in [0, 0.1) is 11.7 Å². The van der Waals surface area contributed by atoms with Gasteiger partial charge in [-0.3, -0.25) is 0 Å². The molecule has 1 saturated carbocycles. The maximum atomic E-state index is 14.6. The molecule has 2 aromatic heterocycles. The molecule has 34 heavy (non-hydrogen) atoms. The van der Waals surface area contributed by atoms with Crippen molar-refractivity contribution in [2.45, 2.75) is 63.6 Å². The van der Waals surface area contributed by atoms with Gasteiger partial charge < -0.3 is 25.4 Å². The Hall–Kier alpha value is -2.43. The smallest absolute Gasteiger partial charge is 0.223 e. The third-order valence-electron chi connectivity index (χ3n) is 6.56. The number of hydrogen-bond donors (Lipinski definition) is 3. The molecule has 2 fully saturated rings. The number of rotatable bonds is 10. The minimum absolute atomic E-state index is 0.178. The second-order valence-corrected chi connectivity index (χ2v) is 9.33. The summed E-state index contributed by atoms with van der Waals surface area (Å²) in [6.07, 6.45) is 8.84. The van der Waals surface area contributed by atoms with Crippen molar-refractivity contribution in [2.24, 2.45) is 5.92 Å². The van der Waals surface area contributed by atoms with Crippen LogP contribution >= 0.6 is 0 Å². The Morgan fingerprint density at radius 3 is 2.62 bits per heavy atom. The normalized spacial score (nSPS) is 22.3. The lowest BCUT2D eigenvalue weighted by molar-refractivity contribution is 0.0699. The van der Waals surface area contributed by atoms with Gasteiger partial charge in [-0.2, -0.15) is 0 Å². The van der Waals surface area contributed by atoms with E-state index in [-0.39, 0.29) is 11.7 Å². The zero-order chi connectivity index (χ0) is 23.8. The van der Waals surface area contributed by atoms with Crippen molar-refractivity contribution in [3.63, 3.8) is 0 Å². The number of nitrogens with zero attached hydrogens (tertiary/aromatic N) is 4. The highest BCUT2D eigenvalue weighted by Crippen LogP contribution is 2.25. The zero-order valence-corrected chi connectivity index (χ0v) is 20.1. The van der Waals surface area contributed by atoms with Crippen molar-refractivity contribution in [3.05, 3.63) is 24.4 Å². The van der Waals surface area contributed by atoms with Gasteiger partial charge in [-0.05, 0) is 51.4 Å². The summed E-state index contributed by atoms with van der Waals surface area (Å²) in [5, 5.41) is 10.4. The molecule has 186 valence electrons. The molecule has 3 N–H and O–H groups in total. The molecule has 10 heteroatoms. The first-order valence-electron chi connectivity index (χ1n) is 12.3. The third kappa shape index (κ3) is 7.04. The maximum absolute atomic E-state index is 14.6. The number of aromatic nitrogens is 4. The molecule has 0 aromatic carbocycles. The Bertz CT molecular complexity index is 905. The second kappa shape index (κ2) is 12.3. The largest absolute Gasteiger partial charge is 0.383 e. The SMILES string of the molecule is COCC(C)NC1CCC(Nc2ncc(F)c(-c3cc(NCC4CCOCC4)ncn3)n2)CC1. The van der Waals surface area contributed by atoms with Crippen LogP contribution in [0.4, 0.5) is 16.2 Å². The quantitative estimate of drug-likeness (QED) is 0.479. The number of hydrogen-bond acceptors (Lipinski definition) is 9. The predicted octanol–water partition coefficient (Wildman–Crippen LogP) is 3.26. The van der Waals surface area contributed by atoms with Crippen molar-refractivity contribution >= 4 is 11.8 Å². The molecule has 1 aliphatic carbocycles. The number of halogens is 1. The molecule has 2 aliphatic rings. The summed E-state index contributed by atoms with van der Waals surface area (Å²) < 4.78 is 25.2. The second-order valence-electron chi connectivity index (χ2n) is 9.33. The lowest BCUT2D eigenvalue weighted by Gasteiger charge is -2.31. The van der Waals surface area contributed by atoms with Gasteiger partial charge in [0, 0.05) is 51.1 Å². The lowest BCUT2D eigenvalue weighted by atomic mass is 9.91. The van der Waals surface area contributed by atoms with Crippen LogP contribution in [-0.2, 0) is 9.47 Å². The van der Waals surface area contributed by atoms with Gasteiger partial charge in [0.2, 0.25) is 5.95 Å². The molecule has 1 aliphatic heterocycles. The van der Waals surface area contributed by atoms with Crippen LogP contribution in [0.1, 0.15) is 45.4 Å². The van der Waals surface area contributed by atoms with Crippen LogP contribution in [0.25, 0.3) is 11.4 Å². The van der Waals surface area contributed by atoms with Crippen molar-refractivity contribution in [3.8, 4) is 11.4 Å². The van der Waals surface area contributed by atoms with Crippen molar-refractivity contribution in [1.29, 1.82) is 0 Å². The van der Waals surface area contributed by atoms with Gasteiger partial charge in [0.1, 0.15) is 17.8 Å². The number of methoxy groups -OCH3 is 1. The van der Waals surface area contributed by atoms with Gasteiger partial charge in [0.05, 0.1) is 18.5 Å². The fourth-order valence-electron chi connectivity index (χ4n) is 4.69. The molecule has 1 saturated heterocycles. The van der Waals surface area contributed by atoms with E-state index < -0.39 is 5.82 Å². The Morgan fingerprint density at radius 1 is 1.09 bits per heavy atom. The molecule has 0 bridgehead atoms. The minimum Gasteiger partial charge on any atom is -0.383 e. The molecule has 9 nitrogen and oxygen atoms in total. The highest BCUT2D eigenvalue weighted by atomic mass is 19.1. The van der Waals surface area contributed by atoms with E-state index in [4.69, 9.17) is 9.47 Å². The fourth-order valence-corrected chi connectivity index (χ4v) is 4.69. The molecule has 0 amide bonds. The summed E-state index contributed by atoms with van der Waals surface area (Å²) in [6.45, 7) is 5.25. The van der Waals surface area contributed by atoms with E-state index in [1.54, 1.807) is 13.2 Å². The zero-order valence-electron chi connectivity index (χ0n) is 20.1. The fraction of sp³-hybridized carbons (Fsp3) is 0.667. The van der Waals surface area contributed by atoms with Crippen molar-refractivity contribution < 1.29 is 13.9 Å². The number of nitrogens with one attached hydrogen (secondary N) is 3. The van der Waals surface area contributed by atoms with Crippen LogP contribution in [0.5, 0.6) is 0 Å². The van der Waals surface area contributed by atoms with Gasteiger partial charge in [-0.1, -0.05) is 0 Å². The van der Waals surface area contributed by atoms with Gasteiger partial charge >= 0.3 is 0 Å². The van der Waals surface area contributed by atoms with Crippen LogP contribution in [0.2, 0.25) is 0 Å². The topological polar surface area (TPSA) is 106 Å². The van der Waals surface area contributed by atoms with Gasteiger partial charge in [-0.15, -0.1) is 0 Å². The summed E-state index contributed by atoms with van der Waals surface area (Å²) in [5.74, 6) is 1.14. The monoisotopic (exact) mass is 473 g/mol. The van der Waals surface area contributed by atoms with E-state index in [0.717, 1.165) is 58.3 Å². The summed E-state index contributed by atoms with van der Waals surface area (Å²) >= 11 is 0. The van der Waals surface area contributed by atoms with E-state index in [1.807, 2.05) is 0 Å². The van der Waals surface area contributed by atoms with Crippen LogP contribution in [0.15, 0.2) is 18.6 Å². The highest BCUT2D eigenvalue weighted by molar-refractivity contribution is 5.59. The molecule has 4 rings (SSSR count). The van der Waals surface area contributed by atoms with E-state index in [2.05, 4.69) is 42.8 Å². The van der Waals surface area contributed by atoms with Crippen molar-refractivity contribution in [1.82, 2.24) is 25.3 Å². The summed E-state index contributed by atoms with van der Waals surface area (Å²) in [5.41, 5.74) is 0.616. The Morgan fingerprint density at radius 2 is 1.85 bits per heavy atom. The van der Waals surface area contributed by atoms with E-state index in [9.17, 15) is 4.39 Å². The van der Waals surface area contributed by atoms with Crippen LogP contribution in [0.3, 0.4) is 0 Å². The summed E-state index contributed by atoms with van der Waals surface area (Å²) in [7, 11) is 1.72. The lowest BCUT2D eigenvalue weighted by Crippen LogP contribution is -2.43. The predicted molar refractivity (Wildman–Crippen MR) is 129 cm³/mol. The minimum atomic E-state index is -0.500. The van der Waals surface area contributed by atoms with Crippen molar-refractivity contribution in [2.75, 3.05) is 44.1 Å². The Balaban J connectivity index is 1.34. The Kier molecular flexibility index (Phi) is 8.95. The van der Waals surface area contributed by atoms with Crippen LogP contribution in [-0.4, -0.2) is 71.5 Å². The first-order valence-corrected chi connectivity index (χ1v) is 12.3.